The average Bonchev–Trinajstić information content (AvgIpc) is 3.12. The Hall–Kier alpha value is -2.83. The van der Waals surface area contributed by atoms with Crippen LogP contribution >= 0.6 is 0 Å². The molecular formula is C24H29FN4O2. The largest absolute Gasteiger partial charge is 0.306 e. The van der Waals surface area contributed by atoms with E-state index in [-0.39, 0.29) is 22.1 Å². The molecule has 4 rings (SSSR count). The van der Waals surface area contributed by atoms with Crippen molar-refractivity contribution >= 4 is 11.4 Å². The van der Waals surface area contributed by atoms with E-state index in [2.05, 4.69) is 29.5 Å². The number of hydrazone groups is 1. The molecule has 164 valence electrons. The fourth-order valence-corrected chi connectivity index (χ4v) is 5.11. The van der Waals surface area contributed by atoms with Gasteiger partial charge in [0, 0.05) is 30.4 Å². The van der Waals surface area contributed by atoms with E-state index in [1.54, 1.807) is 12.1 Å². The van der Waals surface area contributed by atoms with Crippen LogP contribution in [0, 0.1) is 16.0 Å². The molecule has 1 fully saturated rings. The molecule has 2 aliphatic rings. The molecule has 0 amide bonds. The van der Waals surface area contributed by atoms with Crippen LogP contribution in [0.5, 0.6) is 0 Å². The molecule has 1 aromatic carbocycles. The summed E-state index contributed by atoms with van der Waals surface area (Å²) < 4.78 is 13.7. The number of hydrogen-bond acceptors (Lipinski definition) is 5. The fourth-order valence-electron chi connectivity index (χ4n) is 5.11. The molecule has 2 aromatic rings. The predicted molar refractivity (Wildman–Crippen MR) is 119 cm³/mol. The van der Waals surface area contributed by atoms with Gasteiger partial charge in [-0.25, -0.2) is 4.39 Å². The summed E-state index contributed by atoms with van der Waals surface area (Å²) in [5, 5.41) is 15.6. The highest BCUT2D eigenvalue weighted by Crippen LogP contribution is 2.41. The van der Waals surface area contributed by atoms with E-state index in [1.807, 2.05) is 24.5 Å². The molecule has 6 nitrogen and oxygen atoms in total. The van der Waals surface area contributed by atoms with Crippen LogP contribution in [0.15, 0.2) is 53.9 Å². The van der Waals surface area contributed by atoms with Crippen LogP contribution in [0.4, 0.5) is 10.1 Å². The van der Waals surface area contributed by atoms with Crippen molar-refractivity contribution in [1.82, 2.24) is 10.4 Å². The third-order valence-electron chi connectivity index (χ3n) is 7.00. The summed E-state index contributed by atoms with van der Waals surface area (Å²) >= 11 is 0. The van der Waals surface area contributed by atoms with Crippen LogP contribution in [0.3, 0.4) is 0 Å². The van der Waals surface area contributed by atoms with Crippen LogP contribution in [0.25, 0.3) is 0 Å². The molecule has 7 heteroatoms. The topological polar surface area (TPSA) is 80.4 Å². The molecule has 0 radical (unpaired) electrons. The van der Waals surface area contributed by atoms with Crippen LogP contribution in [0.2, 0.25) is 0 Å². The van der Waals surface area contributed by atoms with Crippen molar-refractivity contribution in [3.63, 3.8) is 0 Å². The van der Waals surface area contributed by atoms with Crippen molar-refractivity contribution in [2.75, 3.05) is 0 Å². The van der Waals surface area contributed by atoms with Crippen LogP contribution in [-0.2, 0) is 11.8 Å². The van der Waals surface area contributed by atoms with Crippen LogP contribution in [0.1, 0.15) is 56.6 Å². The third kappa shape index (κ3) is 4.45. The Balaban J connectivity index is 1.47. The van der Waals surface area contributed by atoms with Crippen molar-refractivity contribution < 1.29 is 9.31 Å². The fraction of sp³-hybridized carbons (Fsp3) is 0.500. The maximum absolute atomic E-state index is 13.7. The lowest BCUT2D eigenvalue weighted by Crippen LogP contribution is -2.46. The third-order valence-corrected chi connectivity index (χ3v) is 7.00. The van der Waals surface area contributed by atoms with E-state index in [4.69, 9.17) is 5.10 Å². The average molecular weight is 425 g/mol. The second-order valence-electron chi connectivity index (χ2n) is 8.88. The number of hydrogen-bond donors (Lipinski definition) is 1. The molecule has 0 spiro atoms. The summed E-state index contributed by atoms with van der Waals surface area (Å²) in [6.45, 7) is 2.25. The lowest BCUT2D eigenvalue weighted by molar-refractivity contribution is -0.384. The maximum Gasteiger partial charge on any atom is 0.269 e. The molecule has 1 saturated carbocycles. The van der Waals surface area contributed by atoms with Gasteiger partial charge >= 0.3 is 0 Å². The lowest BCUT2D eigenvalue weighted by Gasteiger charge is -2.37. The van der Waals surface area contributed by atoms with Crippen molar-refractivity contribution in [2.24, 2.45) is 11.0 Å². The second-order valence-corrected chi connectivity index (χ2v) is 8.88. The van der Waals surface area contributed by atoms with Gasteiger partial charge in [0.05, 0.1) is 22.1 Å². The van der Waals surface area contributed by atoms with Gasteiger partial charge in [-0.05, 0) is 75.1 Å². The number of nitro groups is 1. The highest BCUT2D eigenvalue weighted by atomic mass is 19.1. The Kier molecular flexibility index (Phi) is 6.30. The van der Waals surface area contributed by atoms with Gasteiger partial charge in [-0.15, -0.1) is 0 Å². The molecule has 1 aliphatic heterocycles. The van der Waals surface area contributed by atoms with Crippen molar-refractivity contribution in [3.05, 3.63) is 70.0 Å². The number of rotatable bonds is 7. The number of pyridine rings is 1. The Bertz CT molecular complexity index is 926. The summed E-state index contributed by atoms with van der Waals surface area (Å²) in [4.78, 5) is 14.7. The van der Waals surface area contributed by atoms with Gasteiger partial charge in [0.1, 0.15) is 6.17 Å². The number of aryl methyl sites for hydroxylation is 1. The molecule has 2 unspecified atom stereocenters. The molecule has 0 saturated heterocycles. The Labute approximate surface area is 182 Å². The van der Waals surface area contributed by atoms with Crippen LogP contribution < -0.4 is 5.43 Å². The maximum atomic E-state index is 13.7. The van der Waals surface area contributed by atoms with Gasteiger partial charge in [0.2, 0.25) is 0 Å². The Morgan fingerprint density at radius 3 is 2.45 bits per heavy atom. The quantitative estimate of drug-likeness (QED) is 0.494. The first-order chi connectivity index (χ1) is 15.0. The SMILES string of the molecule is CC1(c2ccncc2)C(C2CCC(F)CC2)=NNC1CCCc1ccc([N+](=O)[O-])cc1. The normalized spacial score (nSPS) is 28.1. The standard InChI is InChI=1S/C24H29FN4O2/c1-24(19-13-15-26-16-14-19)22(27-28-23(24)18-7-9-20(25)10-8-18)4-2-3-17-5-11-21(12-6-17)29(30)31/h5-6,11-16,18,20,22,27H,2-4,7-10H2,1H3. The number of alkyl halides is 1. The molecule has 1 aromatic heterocycles. The second kappa shape index (κ2) is 9.12. The van der Waals surface area contributed by atoms with Gasteiger partial charge in [0.15, 0.2) is 0 Å². The van der Waals surface area contributed by atoms with E-state index >= 15 is 0 Å². The summed E-state index contributed by atoms with van der Waals surface area (Å²) in [5.41, 5.74) is 6.69. The Morgan fingerprint density at radius 1 is 1.13 bits per heavy atom. The molecule has 2 atom stereocenters. The van der Waals surface area contributed by atoms with Gasteiger partial charge < -0.3 is 5.43 Å². The summed E-state index contributed by atoms with van der Waals surface area (Å²) in [6.07, 6.45) is 8.59. The summed E-state index contributed by atoms with van der Waals surface area (Å²) in [7, 11) is 0. The molecule has 1 aliphatic carbocycles. The Morgan fingerprint density at radius 2 is 1.81 bits per heavy atom. The smallest absolute Gasteiger partial charge is 0.269 e. The van der Waals surface area contributed by atoms with E-state index < -0.39 is 6.17 Å². The molecule has 1 N–H and O–H groups in total. The molecule has 2 heterocycles. The number of nitrogens with zero attached hydrogens (tertiary/aromatic N) is 3. The van der Waals surface area contributed by atoms with Crippen LogP contribution in [-0.4, -0.2) is 27.8 Å². The van der Waals surface area contributed by atoms with Crippen molar-refractivity contribution in [3.8, 4) is 0 Å². The zero-order chi connectivity index (χ0) is 21.8. The van der Waals surface area contributed by atoms with Gasteiger partial charge in [-0.2, -0.15) is 5.10 Å². The van der Waals surface area contributed by atoms with Gasteiger partial charge in [-0.1, -0.05) is 12.1 Å². The first-order valence-electron chi connectivity index (χ1n) is 11.1. The predicted octanol–water partition coefficient (Wildman–Crippen LogP) is 5.13. The van der Waals surface area contributed by atoms with E-state index in [0.29, 0.717) is 18.8 Å². The number of nitrogens with one attached hydrogen (secondary N) is 1. The number of aromatic nitrogens is 1. The molecular weight excluding hydrogens is 395 g/mol. The molecule has 31 heavy (non-hydrogen) atoms. The number of benzene rings is 1. The minimum absolute atomic E-state index is 0.118. The van der Waals surface area contributed by atoms with E-state index in [1.165, 1.54) is 5.56 Å². The minimum atomic E-state index is -0.684. The number of nitro benzene ring substituents is 1. The monoisotopic (exact) mass is 424 g/mol. The summed E-state index contributed by atoms with van der Waals surface area (Å²) in [6, 6.07) is 11.1. The zero-order valence-corrected chi connectivity index (χ0v) is 17.8. The van der Waals surface area contributed by atoms with Crippen molar-refractivity contribution in [2.45, 2.75) is 69.5 Å². The molecule has 0 bridgehead atoms. The highest BCUT2D eigenvalue weighted by Gasteiger charge is 2.47. The number of non-ortho nitro benzene ring substituents is 1. The van der Waals surface area contributed by atoms with Gasteiger partial charge in [0.25, 0.3) is 5.69 Å². The summed E-state index contributed by atoms with van der Waals surface area (Å²) in [5.74, 6) is 0.303. The van der Waals surface area contributed by atoms with Crippen molar-refractivity contribution in [1.29, 1.82) is 0 Å². The zero-order valence-electron chi connectivity index (χ0n) is 17.8. The van der Waals surface area contributed by atoms with E-state index in [0.717, 1.165) is 43.4 Å². The minimum Gasteiger partial charge on any atom is -0.306 e. The first kappa shape index (κ1) is 21.4. The highest BCUT2D eigenvalue weighted by molar-refractivity contribution is 5.98. The van der Waals surface area contributed by atoms with Gasteiger partial charge in [-0.3, -0.25) is 15.1 Å². The van der Waals surface area contributed by atoms with E-state index in [9.17, 15) is 14.5 Å². The first-order valence-corrected chi connectivity index (χ1v) is 11.1. The lowest BCUT2D eigenvalue weighted by atomic mass is 9.66. The number of halogens is 1.